The Labute approximate surface area is 303 Å². The number of aromatic amines is 1. The number of H-pyrrole nitrogens is 1. The molecule has 0 aliphatic carbocycles. The minimum Gasteiger partial charge on any atom is -0.481 e. The Kier molecular flexibility index (Phi) is 19.5. The van der Waals surface area contributed by atoms with Crippen LogP contribution in [-0.2, 0) is 47.7 Å². The van der Waals surface area contributed by atoms with Gasteiger partial charge in [-0.2, -0.15) is 0 Å². The number of phosphoric acid groups is 1. The standard InChI is InChI=1S/C11H12N2O2.C9H12NO5P.C9H11NO2.C5H9NO4/c12-9(11(14)15)5-7-6-13-10-4-2-1-3-8(7)10;1-6-7(2)10-3-8(9(6)4-11)5-15-16(12,13)14;10-8(9(11)12)6-7-4-2-1-3-5-7;6-3(5(9)10)1-2-4(7)8/h1-4,6,9,13H,5,12H2,(H,14,15);3-4H,5H2,1-2H3,(H2,12,13,14);1-5,8H,6,10H2,(H,11,12);3H,1-2,6H2,(H,7,8)(H,9,10)/t9-;;;3-/m0..0/s1. The maximum absolute atomic E-state index is 10.8. The molecule has 19 heteroatoms. The summed E-state index contributed by atoms with van der Waals surface area (Å²) in [5, 5.41) is 34.5. The van der Waals surface area contributed by atoms with E-state index < -0.39 is 49.8 Å². The second-order valence-corrected chi connectivity index (χ2v) is 12.5. The highest BCUT2D eigenvalue weighted by Crippen LogP contribution is 2.37. The molecule has 0 saturated carbocycles. The van der Waals surface area contributed by atoms with Gasteiger partial charge in [0.25, 0.3) is 0 Å². The molecule has 0 aliphatic rings. The molecule has 3 atom stereocenters. The van der Waals surface area contributed by atoms with Gasteiger partial charge >= 0.3 is 31.7 Å². The first-order chi connectivity index (χ1) is 24.8. The number of carbonyl (C=O) groups is 5. The largest absolute Gasteiger partial charge is 0.481 e. The van der Waals surface area contributed by atoms with E-state index >= 15 is 0 Å². The highest BCUT2D eigenvalue weighted by Gasteiger charge is 2.17. The lowest BCUT2D eigenvalue weighted by Gasteiger charge is -2.10. The number of carboxylic acids is 4. The fourth-order valence-corrected chi connectivity index (χ4v) is 4.50. The van der Waals surface area contributed by atoms with Crippen LogP contribution < -0.4 is 17.2 Å². The van der Waals surface area contributed by atoms with E-state index in [1.54, 1.807) is 13.8 Å². The van der Waals surface area contributed by atoms with Crippen LogP contribution in [0.3, 0.4) is 0 Å². The van der Waals surface area contributed by atoms with Crippen molar-refractivity contribution in [2.45, 2.75) is 64.3 Å². The van der Waals surface area contributed by atoms with Crippen LogP contribution in [0.2, 0.25) is 0 Å². The SMILES string of the molecule is Cc1ncc(COP(=O)(O)O)c(C=O)c1C.NC(Cc1ccccc1)C(=O)O.N[C@@H](CCC(=O)O)C(=O)O.N[C@@H](Cc1c[nH]c2ccccc12)C(=O)O. The summed E-state index contributed by atoms with van der Waals surface area (Å²) in [4.78, 5) is 75.9. The summed E-state index contributed by atoms with van der Waals surface area (Å²) in [6, 6.07) is 14.4. The van der Waals surface area contributed by atoms with E-state index in [0.29, 0.717) is 41.5 Å². The van der Waals surface area contributed by atoms with Crippen LogP contribution in [0.1, 0.15) is 51.1 Å². The van der Waals surface area contributed by atoms with Gasteiger partial charge < -0.3 is 52.4 Å². The number of nitrogens with zero attached hydrogens (tertiary/aromatic N) is 1. The Morgan fingerprint density at radius 2 is 1.38 bits per heavy atom. The number of aryl methyl sites for hydroxylation is 1. The molecule has 2 aromatic heterocycles. The molecule has 0 amide bonds. The third-order valence-corrected chi connectivity index (χ3v) is 7.71. The number of para-hydroxylation sites is 1. The summed E-state index contributed by atoms with van der Waals surface area (Å²) in [5.74, 6) is -4.13. The summed E-state index contributed by atoms with van der Waals surface area (Å²) in [6.45, 7) is 3.12. The van der Waals surface area contributed by atoms with E-state index in [9.17, 15) is 28.5 Å². The minimum absolute atomic E-state index is 0.0231. The Morgan fingerprint density at radius 1 is 0.830 bits per heavy atom. The van der Waals surface area contributed by atoms with Gasteiger partial charge in [-0.05, 0) is 49.4 Å². The van der Waals surface area contributed by atoms with Crippen molar-refractivity contribution >= 4 is 48.9 Å². The molecule has 4 aromatic rings. The highest BCUT2D eigenvalue weighted by atomic mass is 31.2. The first kappa shape index (κ1) is 45.7. The lowest BCUT2D eigenvalue weighted by Crippen LogP contribution is -2.32. The summed E-state index contributed by atoms with van der Waals surface area (Å²) >= 11 is 0. The molecule has 0 radical (unpaired) electrons. The van der Waals surface area contributed by atoms with Gasteiger partial charge in [0, 0.05) is 53.0 Å². The second-order valence-electron chi connectivity index (χ2n) is 11.3. The van der Waals surface area contributed by atoms with Gasteiger partial charge in [0.1, 0.15) is 18.1 Å². The molecule has 288 valence electrons. The van der Waals surface area contributed by atoms with Crippen LogP contribution >= 0.6 is 7.82 Å². The molecule has 0 saturated heterocycles. The number of aldehydes is 1. The summed E-state index contributed by atoms with van der Waals surface area (Å²) in [6.07, 6.45) is 4.32. The van der Waals surface area contributed by atoms with Gasteiger partial charge in [-0.15, -0.1) is 0 Å². The van der Waals surface area contributed by atoms with Crippen molar-refractivity contribution in [1.82, 2.24) is 9.97 Å². The zero-order valence-corrected chi connectivity index (χ0v) is 29.8. The van der Waals surface area contributed by atoms with Crippen molar-refractivity contribution < 1.29 is 63.3 Å². The Hall–Kier alpha value is -5.33. The maximum atomic E-state index is 10.8. The Balaban J connectivity index is 0.000000359. The van der Waals surface area contributed by atoms with E-state index in [1.165, 1.54) is 6.20 Å². The number of nitrogens with one attached hydrogen (secondary N) is 1. The van der Waals surface area contributed by atoms with Gasteiger partial charge in [0.2, 0.25) is 0 Å². The molecular weight excluding hydrogens is 717 g/mol. The number of carboxylic acid groups (broad SMARTS) is 4. The third-order valence-electron chi connectivity index (χ3n) is 7.25. The summed E-state index contributed by atoms with van der Waals surface area (Å²) in [7, 11) is -4.53. The van der Waals surface area contributed by atoms with Crippen molar-refractivity contribution in [3.63, 3.8) is 0 Å². The van der Waals surface area contributed by atoms with Crippen LogP contribution in [0.5, 0.6) is 0 Å². The molecule has 0 aliphatic heterocycles. The summed E-state index contributed by atoms with van der Waals surface area (Å²) < 4.78 is 14.8. The first-order valence-corrected chi connectivity index (χ1v) is 17.2. The molecule has 4 rings (SSSR count). The molecule has 0 fully saturated rings. The molecule has 13 N–H and O–H groups in total. The van der Waals surface area contributed by atoms with E-state index in [2.05, 4.69) is 14.5 Å². The van der Waals surface area contributed by atoms with E-state index in [4.69, 9.17) is 47.4 Å². The van der Waals surface area contributed by atoms with Crippen molar-refractivity contribution in [2.24, 2.45) is 17.2 Å². The quantitative estimate of drug-likeness (QED) is 0.0650. The van der Waals surface area contributed by atoms with Crippen LogP contribution in [0, 0.1) is 13.8 Å². The van der Waals surface area contributed by atoms with Gasteiger partial charge in [-0.3, -0.25) is 33.5 Å². The number of aromatic nitrogens is 2. The number of benzene rings is 2. The van der Waals surface area contributed by atoms with Crippen LogP contribution in [-0.4, -0.2) is 88.5 Å². The van der Waals surface area contributed by atoms with Crippen molar-refractivity contribution in [1.29, 1.82) is 0 Å². The monoisotopic (exact) mass is 761 g/mol. The topological polar surface area (TPSA) is 340 Å². The van der Waals surface area contributed by atoms with E-state index in [-0.39, 0.29) is 19.4 Å². The average molecular weight is 762 g/mol. The number of aliphatic carboxylic acids is 4. The minimum atomic E-state index is -4.53. The number of hydrogen-bond acceptors (Lipinski definition) is 11. The number of rotatable bonds is 14. The van der Waals surface area contributed by atoms with Gasteiger partial charge in [0.15, 0.2) is 6.29 Å². The van der Waals surface area contributed by atoms with Crippen molar-refractivity contribution in [2.75, 3.05) is 0 Å². The number of carbonyl (C=O) groups excluding carboxylic acids is 1. The average Bonchev–Trinajstić information content (AvgIpc) is 3.51. The Morgan fingerprint density at radius 3 is 1.91 bits per heavy atom. The Bertz CT molecular complexity index is 1860. The smallest absolute Gasteiger partial charge is 0.469 e. The van der Waals surface area contributed by atoms with Crippen molar-refractivity contribution in [3.8, 4) is 0 Å². The fourth-order valence-electron chi connectivity index (χ4n) is 4.19. The third kappa shape index (κ3) is 17.6. The molecule has 0 bridgehead atoms. The van der Waals surface area contributed by atoms with Crippen molar-refractivity contribution in [3.05, 3.63) is 101 Å². The molecule has 0 spiro atoms. The lowest BCUT2D eigenvalue weighted by molar-refractivity contribution is -0.140. The molecule has 2 heterocycles. The number of fused-ring (bicyclic) bond motifs is 1. The number of hydrogen-bond donors (Lipinski definition) is 10. The highest BCUT2D eigenvalue weighted by molar-refractivity contribution is 7.46. The zero-order chi connectivity index (χ0) is 40.3. The lowest BCUT2D eigenvalue weighted by atomic mass is 10.0. The van der Waals surface area contributed by atoms with E-state index in [1.807, 2.05) is 60.8 Å². The van der Waals surface area contributed by atoms with Crippen LogP contribution in [0.25, 0.3) is 10.9 Å². The zero-order valence-electron chi connectivity index (χ0n) is 28.9. The molecule has 1 unspecified atom stereocenters. The molecule has 2 aromatic carbocycles. The number of phosphoric ester groups is 1. The molecule has 53 heavy (non-hydrogen) atoms. The fraction of sp³-hybridized carbons (Fsp3) is 0.294. The van der Waals surface area contributed by atoms with E-state index in [0.717, 1.165) is 22.0 Å². The molecular formula is C34H44N5O13P. The van der Waals surface area contributed by atoms with Crippen LogP contribution in [0.4, 0.5) is 0 Å². The molecule has 18 nitrogen and oxygen atoms in total. The van der Waals surface area contributed by atoms with Gasteiger partial charge in [-0.1, -0.05) is 48.5 Å². The summed E-state index contributed by atoms with van der Waals surface area (Å²) in [5.41, 5.74) is 20.8. The maximum Gasteiger partial charge on any atom is 0.469 e. The number of pyridine rings is 1. The number of nitrogens with two attached hydrogens (primary N) is 3. The van der Waals surface area contributed by atoms with Crippen LogP contribution in [0.15, 0.2) is 67.0 Å². The van der Waals surface area contributed by atoms with Gasteiger partial charge in [0.05, 0.1) is 6.61 Å². The predicted octanol–water partition coefficient (Wildman–Crippen LogP) is 2.15. The first-order valence-electron chi connectivity index (χ1n) is 15.6. The van der Waals surface area contributed by atoms with Gasteiger partial charge in [-0.25, -0.2) is 4.57 Å². The second kappa shape index (κ2) is 22.6. The predicted molar refractivity (Wildman–Crippen MR) is 192 cm³/mol. The normalized spacial score (nSPS) is 12.3.